The molecule has 7 nitrogen and oxygen atoms in total. The second-order valence-corrected chi connectivity index (χ2v) is 9.34. The Bertz CT molecular complexity index is 950. The minimum absolute atomic E-state index is 0.231. The molecule has 156 valence electrons. The molecule has 1 aliphatic heterocycles. The highest BCUT2D eigenvalue weighted by Gasteiger charge is 2.28. The topological polar surface area (TPSA) is 98.8 Å². The first-order valence-electron chi connectivity index (χ1n) is 9.59. The van der Waals surface area contributed by atoms with Crippen LogP contribution in [0.5, 0.6) is 5.75 Å². The molecule has 0 bridgehead atoms. The molecule has 1 heterocycles. The molecule has 0 fully saturated rings. The number of carbonyl (C=O) groups is 2. The molecule has 0 radical (unpaired) electrons. The average Bonchev–Trinajstić information content (AvgIpc) is 2.71. The van der Waals surface area contributed by atoms with E-state index in [-0.39, 0.29) is 17.5 Å². The van der Waals surface area contributed by atoms with E-state index in [9.17, 15) is 18.0 Å². The first-order chi connectivity index (χ1) is 13.8. The smallest absolute Gasteiger partial charge is 0.303 e. The number of esters is 1. The molecule has 0 saturated carbocycles. The molecule has 29 heavy (non-hydrogen) atoms. The van der Waals surface area contributed by atoms with Gasteiger partial charge in [0.25, 0.3) is 5.91 Å². The Labute approximate surface area is 170 Å². The number of rotatable bonds is 6. The third-order valence-corrected chi connectivity index (χ3v) is 7.01. The van der Waals surface area contributed by atoms with Crippen LogP contribution < -0.4 is 10.1 Å². The van der Waals surface area contributed by atoms with Crippen molar-refractivity contribution in [2.45, 2.75) is 55.5 Å². The fraction of sp³-hybridized carbons (Fsp3) is 0.429. The van der Waals surface area contributed by atoms with E-state index < -0.39 is 33.1 Å². The van der Waals surface area contributed by atoms with Gasteiger partial charge in [-0.15, -0.1) is 0 Å². The number of carbonyl (C=O) groups excluding carboxylic acids is 2. The van der Waals surface area contributed by atoms with E-state index in [0.717, 1.165) is 12.0 Å². The van der Waals surface area contributed by atoms with Crippen LogP contribution >= 0.6 is 0 Å². The van der Waals surface area contributed by atoms with Crippen LogP contribution in [0.25, 0.3) is 0 Å². The Hall–Kier alpha value is -2.61. The summed E-state index contributed by atoms with van der Waals surface area (Å²) in [6.07, 6.45) is 7.82. The maximum Gasteiger partial charge on any atom is 0.303 e. The first kappa shape index (κ1) is 21.1. The van der Waals surface area contributed by atoms with E-state index >= 15 is 0 Å². The van der Waals surface area contributed by atoms with Crippen LogP contribution in [0.4, 0.5) is 0 Å². The van der Waals surface area contributed by atoms with Gasteiger partial charge in [-0.25, -0.2) is 8.42 Å². The number of hydrogen-bond donors (Lipinski definition) is 1. The van der Waals surface area contributed by atoms with Gasteiger partial charge in [0.1, 0.15) is 11.9 Å². The van der Waals surface area contributed by atoms with Crippen LogP contribution in [0.2, 0.25) is 0 Å². The Morgan fingerprint density at radius 1 is 1.31 bits per heavy atom. The lowest BCUT2D eigenvalue weighted by Gasteiger charge is -2.27. The summed E-state index contributed by atoms with van der Waals surface area (Å²) in [6, 6.07) is 5.00. The number of allylic oxidation sites excluding steroid dienone is 3. The molecule has 1 amide bonds. The summed E-state index contributed by atoms with van der Waals surface area (Å²) in [5.41, 5.74) is 0.943. The number of benzene rings is 1. The third-order valence-electron chi connectivity index (χ3n) is 4.95. The molecule has 1 aromatic carbocycles. The molecule has 1 aromatic rings. The Morgan fingerprint density at radius 2 is 2.10 bits per heavy atom. The predicted octanol–water partition coefficient (Wildman–Crippen LogP) is 2.11. The summed E-state index contributed by atoms with van der Waals surface area (Å²) in [4.78, 5) is 23.2. The molecule has 0 spiro atoms. The molecular formula is C21H25NO6S. The number of aryl methyl sites for hydroxylation is 1. The molecular weight excluding hydrogens is 394 g/mol. The van der Waals surface area contributed by atoms with E-state index in [1.54, 1.807) is 30.4 Å². The van der Waals surface area contributed by atoms with Gasteiger partial charge < -0.3 is 14.8 Å². The zero-order chi connectivity index (χ0) is 21.0. The monoisotopic (exact) mass is 419 g/mol. The number of nitrogens with one attached hydrogen (secondary N) is 1. The minimum atomic E-state index is -3.50. The van der Waals surface area contributed by atoms with E-state index in [1.807, 2.05) is 12.2 Å². The van der Waals surface area contributed by atoms with Gasteiger partial charge in [-0.2, -0.15) is 0 Å². The van der Waals surface area contributed by atoms with Crippen molar-refractivity contribution in [1.29, 1.82) is 0 Å². The molecule has 1 aliphatic carbocycles. The number of amides is 1. The Kier molecular flexibility index (Phi) is 6.42. The quantitative estimate of drug-likeness (QED) is 0.709. The second-order valence-electron chi connectivity index (χ2n) is 7.18. The standard InChI is InChI=1S/C21H25NO6S/c1-14(27-15(2)23)21(24)22-13-17-10-8-16-9-11-19(12-20(16)28-17)29(25,26)18-6-4-3-5-7-18/h3-6,9,11-12,14,17-18H,7-8,10,13H2,1-2H3,(H,22,24)/t14-,17+,18?/m0/s1. The van der Waals surface area contributed by atoms with E-state index in [0.29, 0.717) is 18.6 Å². The van der Waals surface area contributed by atoms with Crippen LogP contribution in [0.3, 0.4) is 0 Å². The van der Waals surface area contributed by atoms with Gasteiger partial charge in [0.05, 0.1) is 16.7 Å². The lowest BCUT2D eigenvalue weighted by molar-refractivity contribution is -0.152. The normalized spacial score (nSPS) is 21.6. The zero-order valence-electron chi connectivity index (χ0n) is 16.5. The molecule has 1 N–H and O–H groups in total. The van der Waals surface area contributed by atoms with Gasteiger partial charge >= 0.3 is 5.97 Å². The lowest BCUT2D eigenvalue weighted by Crippen LogP contribution is -2.42. The summed E-state index contributed by atoms with van der Waals surface area (Å²) in [5, 5.41) is 2.13. The highest BCUT2D eigenvalue weighted by molar-refractivity contribution is 7.92. The fourth-order valence-corrected chi connectivity index (χ4v) is 4.89. The zero-order valence-corrected chi connectivity index (χ0v) is 17.3. The number of ether oxygens (including phenoxy) is 2. The van der Waals surface area contributed by atoms with Crippen molar-refractivity contribution >= 4 is 21.7 Å². The molecule has 0 saturated heterocycles. The predicted molar refractivity (Wildman–Crippen MR) is 107 cm³/mol. The van der Waals surface area contributed by atoms with Gasteiger partial charge in [0, 0.05) is 6.92 Å². The SMILES string of the molecule is CC(=O)O[C@@H](C)C(=O)NC[C@H]1CCc2ccc(S(=O)(=O)C3C=CC=CC3)cc2O1. The number of hydrogen-bond acceptors (Lipinski definition) is 6. The molecule has 1 unspecified atom stereocenters. The maximum atomic E-state index is 12.9. The summed E-state index contributed by atoms with van der Waals surface area (Å²) < 4.78 is 36.6. The lowest BCUT2D eigenvalue weighted by atomic mass is 10.0. The van der Waals surface area contributed by atoms with Crippen molar-refractivity contribution in [1.82, 2.24) is 5.32 Å². The summed E-state index contributed by atoms with van der Waals surface area (Å²) >= 11 is 0. The van der Waals surface area contributed by atoms with Crippen LogP contribution in [-0.4, -0.2) is 44.3 Å². The largest absolute Gasteiger partial charge is 0.488 e. The summed E-state index contributed by atoms with van der Waals surface area (Å²) in [5.74, 6) is -0.393. The van der Waals surface area contributed by atoms with Crippen molar-refractivity contribution in [3.8, 4) is 5.75 Å². The van der Waals surface area contributed by atoms with Gasteiger partial charge in [-0.3, -0.25) is 9.59 Å². The number of sulfone groups is 1. The van der Waals surface area contributed by atoms with Crippen molar-refractivity contribution in [3.63, 3.8) is 0 Å². The fourth-order valence-electron chi connectivity index (χ4n) is 3.35. The van der Waals surface area contributed by atoms with Gasteiger partial charge in [0.2, 0.25) is 0 Å². The highest BCUT2D eigenvalue weighted by Crippen LogP contribution is 2.32. The second kappa shape index (κ2) is 8.82. The van der Waals surface area contributed by atoms with Crippen molar-refractivity contribution in [2.24, 2.45) is 0 Å². The van der Waals surface area contributed by atoms with Crippen LogP contribution in [0.1, 0.15) is 32.3 Å². The molecule has 3 atom stereocenters. The third kappa shape index (κ3) is 5.06. The highest BCUT2D eigenvalue weighted by atomic mass is 32.2. The average molecular weight is 419 g/mol. The van der Waals surface area contributed by atoms with E-state index in [1.165, 1.54) is 13.8 Å². The van der Waals surface area contributed by atoms with Crippen LogP contribution in [0, 0.1) is 0 Å². The summed E-state index contributed by atoms with van der Waals surface area (Å²) in [7, 11) is -3.50. The van der Waals surface area contributed by atoms with Gasteiger partial charge in [-0.1, -0.05) is 30.4 Å². The van der Waals surface area contributed by atoms with Crippen LogP contribution in [0.15, 0.2) is 47.4 Å². The van der Waals surface area contributed by atoms with Crippen molar-refractivity contribution in [2.75, 3.05) is 6.54 Å². The van der Waals surface area contributed by atoms with Crippen molar-refractivity contribution < 1.29 is 27.5 Å². The molecule has 0 aromatic heterocycles. The van der Waals surface area contributed by atoms with Crippen LogP contribution in [-0.2, 0) is 30.6 Å². The first-order valence-corrected chi connectivity index (χ1v) is 11.1. The van der Waals surface area contributed by atoms with Crippen molar-refractivity contribution in [3.05, 3.63) is 48.1 Å². The molecule has 3 rings (SSSR count). The Balaban J connectivity index is 1.66. The van der Waals surface area contributed by atoms with Gasteiger partial charge in [-0.05, 0) is 43.9 Å². The Morgan fingerprint density at radius 3 is 2.79 bits per heavy atom. The van der Waals surface area contributed by atoms with E-state index in [4.69, 9.17) is 9.47 Å². The van der Waals surface area contributed by atoms with E-state index in [2.05, 4.69) is 5.32 Å². The molecule has 2 aliphatic rings. The summed E-state index contributed by atoms with van der Waals surface area (Å²) in [6.45, 7) is 2.99. The maximum absolute atomic E-state index is 12.9. The molecule has 8 heteroatoms. The minimum Gasteiger partial charge on any atom is -0.488 e. The number of fused-ring (bicyclic) bond motifs is 1. The van der Waals surface area contributed by atoms with Gasteiger partial charge in [0.15, 0.2) is 15.9 Å².